The van der Waals surface area contributed by atoms with E-state index in [9.17, 15) is 8.42 Å². The van der Waals surface area contributed by atoms with E-state index in [2.05, 4.69) is 4.98 Å². The molecule has 0 amide bonds. The van der Waals surface area contributed by atoms with Crippen molar-refractivity contribution in [2.45, 2.75) is 4.90 Å². The van der Waals surface area contributed by atoms with Gasteiger partial charge in [-0.05, 0) is 60.7 Å². The van der Waals surface area contributed by atoms with Crippen LogP contribution in [0.1, 0.15) is 0 Å². The second kappa shape index (κ2) is 7.40. The number of ether oxygens (including phenoxy) is 1. The number of hydrogen-bond acceptors (Lipinski definition) is 4. The minimum absolute atomic E-state index is 0. The van der Waals surface area contributed by atoms with Gasteiger partial charge in [0.25, 0.3) is 10.1 Å². The van der Waals surface area contributed by atoms with Gasteiger partial charge in [0, 0.05) is 5.69 Å². The average molecular weight is 403 g/mol. The zero-order chi connectivity index (χ0) is 18.1. The van der Waals surface area contributed by atoms with Crippen molar-refractivity contribution in [1.82, 2.24) is 9.55 Å². The SMILES string of the molecule is Cl.O=S(=O)(O)c1ccc(Oc2ccc(-n3cnc4ccccc43)cc2)cc1. The summed E-state index contributed by atoms with van der Waals surface area (Å²) in [4.78, 5) is 4.20. The largest absolute Gasteiger partial charge is 0.457 e. The Kier molecular flexibility index (Phi) is 5.18. The second-order valence-electron chi connectivity index (χ2n) is 5.65. The van der Waals surface area contributed by atoms with Crippen LogP contribution in [-0.2, 0) is 10.1 Å². The van der Waals surface area contributed by atoms with Gasteiger partial charge in [-0.2, -0.15) is 8.42 Å². The van der Waals surface area contributed by atoms with Crippen LogP contribution in [0, 0.1) is 0 Å². The summed E-state index contributed by atoms with van der Waals surface area (Å²) in [6.45, 7) is 0. The van der Waals surface area contributed by atoms with Crippen molar-refractivity contribution >= 4 is 33.6 Å². The molecule has 0 saturated heterocycles. The number of rotatable bonds is 4. The average Bonchev–Trinajstić information content (AvgIpc) is 3.06. The highest BCUT2D eigenvalue weighted by atomic mass is 35.5. The molecule has 0 aliphatic carbocycles. The van der Waals surface area contributed by atoms with Gasteiger partial charge in [-0.1, -0.05) is 12.1 Å². The number of hydrogen-bond donors (Lipinski definition) is 1. The summed E-state index contributed by atoms with van der Waals surface area (Å²) in [6.07, 6.45) is 1.77. The number of nitrogens with zero attached hydrogens (tertiary/aromatic N) is 2. The van der Waals surface area contributed by atoms with Gasteiger partial charge in [-0.15, -0.1) is 12.4 Å². The molecule has 4 aromatic rings. The molecule has 138 valence electrons. The molecule has 6 nitrogen and oxygen atoms in total. The Balaban J connectivity index is 0.00000210. The first-order valence-electron chi connectivity index (χ1n) is 7.79. The molecule has 0 aliphatic rings. The molecule has 0 fully saturated rings. The molecule has 1 heterocycles. The van der Waals surface area contributed by atoms with Gasteiger partial charge >= 0.3 is 0 Å². The number of halogens is 1. The molecule has 0 unspecified atom stereocenters. The lowest BCUT2D eigenvalue weighted by Crippen LogP contribution is -1.97. The third kappa shape index (κ3) is 3.95. The molecule has 8 heteroatoms. The van der Waals surface area contributed by atoms with Crippen LogP contribution >= 0.6 is 12.4 Å². The van der Waals surface area contributed by atoms with Crippen molar-refractivity contribution < 1.29 is 17.7 Å². The second-order valence-corrected chi connectivity index (χ2v) is 7.07. The fourth-order valence-electron chi connectivity index (χ4n) is 2.66. The Morgan fingerprint density at radius 2 is 1.44 bits per heavy atom. The van der Waals surface area contributed by atoms with Crippen LogP contribution in [0.15, 0.2) is 84.0 Å². The summed E-state index contributed by atoms with van der Waals surface area (Å²) < 4.78 is 38.8. The van der Waals surface area contributed by atoms with E-state index in [1.165, 1.54) is 24.3 Å². The van der Waals surface area contributed by atoms with Gasteiger partial charge in [0.1, 0.15) is 17.8 Å². The monoisotopic (exact) mass is 402 g/mol. The van der Waals surface area contributed by atoms with Crippen LogP contribution in [0.3, 0.4) is 0 Å². The van der Waals surface area contributed by atoms with E-state index in [1.54, 1.807) is 6.33 Å². The van der Waals surface area contributed by atoms with E-state index >= 15 is 0 Å². The van der Waals surface area contributed by atoms with Crippen molar-refractivity contribution in [3.05, 3.63) is 79.1 Å². The number of imidazole rings is 1. The number of benzene rings is 3. The fourth-order valence-corrected chi connectivity index (χ4v) is 3.14. The molecule has 4 rings (SSSR count). The summed E-state index contributed by atoms with van der Waals surface area (Å²) in [7, 11) is -4.21. The summed E-state index contributed by atoms with van der Waals surface area (Å²) >= 11 is 0. The van der Waals surface area contributed by atoms with Crippen LogP contribution in [-0.4, -0.2) is 22.5 Å². The van der Waals surface area contributed by atoms with Crippen LogP contribution in [0.4, 0.5) is 0 Å². The maximum atomic E-state index is 11.1. The molecular weight excluding hydrogens is 388 g/mol. The van der Waals surface area contributed by atoms with E-state index in [0.717, 1.165) is 16.7 Å². The number of aromatic nitrogens is 2. The van der Waals surface area contributed by atoms with Crippen molar-refractivity contribution in [1.29, 1.82) is 0 Å². The quantitative estimate of drug-likeness (QED) is 0.509. The van der Waals surface area contributed by atoms with Gasteiger partial charge in [0.05, 0.1) is 15.9 Å². The molecular formula is C19H15ClN2O4S. The number of fused-ring (bicyclic) bond motifs is 1. The predicted molar refractivity (Wildman–Crippen MR) is 105 cm³/mol. The Morgan fingerprint density at radius 3 is 2.07 bits per heavy atom. The zero-order valence-corrected chi connectivity index (χ0v) is 15.5. The predicted octanol–water partition coefficient (Wildman–Crippen LogP) is 4.49. The van der Waals surface area contributed by atoms with Crippen molar-refractivity contribution in [2.24, 2.45) is 0 Å². The summed E-state index contributed by atoms with van der Waals surface area (Å²) in [5.74, 6) is 1.08. The van der Waals surface area contributed by atoms with Gasteiger partial charge in [-0.3, -0.25) is 9.12 Å². The third-order valence-corrected chi connectivity index (χ3v) is 4.79. The molecule has 0 atom stereocenters. The molecule has 27 heavy (non-hydrogen) atoms. The molecule has 1 aromatic heterocycles. The first kappa shape index (κ1) is 18.9. The molecule has 0 bridgehead atoms. The first-order valence-corrected chi connectivity index (χ1v) is 9.23. The van der Waals surface area contributed by atoms with Crippen LogP contribution in [0.2, 0.25) is 0 Å². The van der Waals surface area contributed by atoms with E-state index in [0.29, 0.717) is 11.5 Å². The van der Waals surface area contributed by atoms with E-state index in [-0.39, 0.29) is 17.3 Å². The normalized spacial score (nSPS) is 11.1. The molecule has 0 radical (unpaired) electrons. The maximum Gasteiger partial charge on any atom is 0.294 e. The van der Waals surface area contributed by atoms with Crippen LogP contribution < -0.4 is 4.74 Å². The van der Waals surface area contributed by atoms with Gasteiger partial charge in [-0.25, -0.2) is 4.98 Å². The van der Waals surface area contributed by atoms with Gasteiger partial charge in [0.15, 0.2) is 0 Å². The van der Waals surface area contributed by atoms with E-state index in [1.807, 2.05) is 53.1 Å². The van der Waals surface area contributed by atoms with Crippen molar-refractivity contribution in [3.8, 4) is 17.2 Å². The molecule has 1 N–H and O–H groups in total. The van der Waals surface area contributed by atoms with Gasteiger partial charge in [0.2, 0.25) is 0 Å². The highest BCUT2D eigenvalue weighted by Crippen LogP contribution is 2.25. The zero-order valence-electron chi connectivity index (χ0n) is 13.9. The summed E-state index contributed by atoms with van der Waals surface area (Å²) in [5, 5.41) is 0. The number of para-hydroxylation sites is 2. The Labute approximate surface area is 162 Å². The van der Waals surface area contributed by atoms with E-state index in [4.69, 9.17) is 9.29 Å². The highest BCUT2D eigenvalue weighted by Gasteiger charge is 2.09. The standard InChI is InChI=1S/C19H14N2O4S.ClH/c22-26(23,24)17-11-9-16(10-12-17)25-15-7-5-14(6-8-15)21-13-20-18-3-1-2-4-19(18)21;/h1-13H,(H,22,23,24);1H. The Morgan fingerprint density at radius 1 is 0.852 bits per heavy atom. The van der Waals surface area contributed by atoms with Crippen molar-refractivity contribution in [3.63, 3.8) is 0 Å². The highest BCUT2D eigenvalue weighted by molar-refractivity contribution is 7.85. The maximum absolute atomic E-state index is 11.1. The van der Waals surface area contributed by atoms with E-state index < -0.39 is 10.1 Å². The minimum atomic E-state index is -4.21. The topological polar surface area (TPSA) is 81.4 Å². The van der Waals surface area contributed by atoms with Gasteiger partial charge < -0.3 is 4.74 Å². The Hall–Kier alpha value is -2.87. The molecule has 3 aromatic carbocycles. The molecule has 0 spiro atoms. The smallest absolute Gasteiger partial charge is 0.294 e. The lowest BCUT2D eigenvalue weighted by atomic mass is 10.2. The van der Waals surface area contributed by atoms with Crippen LogP contribution in [0.5, 0.6) is 11.5 Å². The lowest BCUT2D eigenvalue weighted by molar-refractivity contribution is 0.478. The minimum Gasteiger partial charge on any atom is -0.457 e. The summed E-state index contributed by atoms with van der Waals surface area (Å²) in [5.41, 5.74) is 2.89. The fraction of sp³-hybridized carbons (Fsp3) is 0. The first-order chi connectivity index (χ1) is 12.5. The summed E-state index contributed by atoms with van der Waals surface area (Å²) in [6, 6.07) is 20.9. The third-order valence-electron chi connectivity index (χ3n) is 3.93. The molecule has 0 aliphatic heterocycles. The Bertz CT molecular complexity index is 1170. The lowest BCUT2D eigenvalue weighted by Gasteiger charge is -2.08. The van der Waals surface area contributed by atoms with Crippen LogP contribution in [0.25, 0.3) is 16.7 Å². The molecule has 0 saturated carbocycles. The van der Waals surface area contributed by atoms with Crippen molar-refractivity contribution in [2.75, 3.05) is 0 Å².